The van der Waals surface area contributed by atoms with Crippen molar-refractivity contribution in [3.8, 4) is 5.75 Å². The van der Waals surface area contributed by atoms with Gasteiger partial charge in [0, 0.05) is 27.2 Å². The van der Waals surface area contributed by atoms with E-state index in [0.717, 1.165) is 30.9 Å². The summed E-state index contributed by atoms with van der Waals surface area (Å²) in [5.74, 6) is 1.23. The summed E-state index contributed by atoms with van der Waals surface area (Å²) in [5, 5.41) is 3.25. The molecule has 23 heavy (non-hydrogen) atoms. The number of allylic oxidation sites excluding steroid dienone is 1. The van der Waals surface area contributed by atoms with Crippen LogP contribution in [-0.4, -0.2) is 44.5 Å². The van der Waals surface area contributed by atoms with Crippen LogP contribution in [0, 0.1) is 0 Å². The highest BCUT2D eigenvalue weighted by Gasteiger charge is 2.06. The zero-order chi connectivity index (χ0) is 17.1. The van der Waals surface area contributed by atoms with E-state index in [9.17, 15) is 8.78 Å². The summed E-state index contributed by atoms with van der Waals surface area (Å²) in [6.07, 6.45) is 1.40. The normalized spacial score (nSPS) is 11.4. The Morgan fingerprint density at radius 1 is 1.48 bits per heavy atom. The first-order chi connectivity index (χ1) is 11.1. The summed E-state index contributed by atoms with van der Waals surface area (Å²) in [5.41, 5.74) is 0.942. The molecule has 0 atom stereocenters. The van der Waals surface area contributed by atoms with Gasteiger partial charge >= 0.3 is 0 Å². The Kier molecular flexibility index (Phi) is 8.72. The topological polar surface area (TPSA) is 36.9 Å². The van der Waals surface area contributed by atoms with Crippen molar-refractivity contribution in [2.45, 2.75) is 25.8 Å². The zero-order valence-electron chi connectivity index (χ0n) is 13.8. The zero-order valence-corrected chi connectivity index (χ0v) is 13.8. The molecule has 0 saturated carbocycles. The van der Waals surface area contributed by atoms with Gasteiger partial charge < -0.3 is 15.0 Å². The Bertz CT molecular complexity index is 506. The van der Waals surface area contributed by atoms with Gasteiger partial charge in [-0.1, -0.05) is 18.2 Å². The average molecular weight is 325 g/mol. The molecule has 0 aromatic heterocycles. The summed E-state index contributed by atoms with van der Waals surface area (Å²) in [6.45, 7) is 4.54. The molecule has 1 N–H and O–H groups in total. The maximum atomic E-state index is 12.2. The number of hydrogen-bond acceptors (Lipinski definition) is 2. The van der Waals surface area contributed by atoms with Crippen molar-refractivity contribution in [2.24, 2.45) is 4.99 Å². The molecule has 1 aromatic rings. The first kappa shape index (κ1) is 18.9. The predicted octanol–water partition coefficient (Wildman–Crippen LogP) is 3.30. The number of guanidine groups is 1. The number of rotatable bonds is 9. The molecular formula is C17H25F2N3O. The Balaban J connectivity index is 2.51. The van der Waals surface area contributed by atoms with Crippen LogP contribution in [0.4, 0.5) is 8.78 Å². The lowest BCUT2D eigenvalue weighted by Gasteiger charge is -2.22. The Labute approximate surface area is 136 Å². The van der Waals surface area contributed by atoms with Crippen LogP contribution >= 0.6 is 0 Å². The molecule has 0 saturated heterocycles. The second-order valence-corrected chi connectivity index (χ2v) is 5.10. The lowest BCUT2D eigenvalue weighted by Crippen LogP contribution is -2.38. The van der Waals surface area contributed by atoms with Gasteiger partial charge in [0.2, 0.25) is 0 Å². The fourth-order valence-corrected chi connectivity index (χ4v) is 2.05. The van der Waals surface area contributed by atoms with Crippen LogP contribution in [-0.2, 0) is 6.54 Å². The Morgan fingerprint density at radius 3 is 2.91 bits per heavy atom. The third-order valence-corrected chi connectivity index (χ3v) is 3.20. The number of hydrogen-bond donors (Lipinski definition) is 1. The van der Waals surface area contributed by atoms with Gasteiger partial charge in [0.05, 0.1) is 0 Å². The molecule has 4 nitrogen and oxygen atoms in total. The van der Waals surface area contributed by atoms with Crippen LogP contribution in [0.5, 0.6) is 5.75 Å². The minimum absolute atomic E-state index is 0.443. The maximum Gasteiger partial charge on any atom is 0.272 e. The van der Waals surface area contributed by atoms with Gasteiger partial charge in [0.25, 0.3) is 6.43 Å². The first-order valence-electron chi connectivity index (χ1n) is 7.59. The molecule has 0 heterocycles. The molecule has 0 unspecified atom stereocenters. The van der Waals surface area contributed by atoms with Crippen molar-refractivity contribution in [3.63, 3.8) is 0 Å². The van der Waals surface area contributed by atoms with Crippen LogP contribution < -0.4 is 10.1 Å². The molecule has 0 radical (unpaired) electrons. The number of aliphatic imine (C=N–C) groups is 1. The van der Waals surface area contributed by atoms with Gasteiger partial charge in [-0.25, -0.2) is 8.78 Å². The average Bonchev–Trinajstić information content (AvgIpc) is 2.54. The number of unbranched alkanes of at least 4 members (excludes halogenated alkanes) is 1. The summed E-state index contributed by atoms with van der Waals surface area (Å²) in [6, 6.07) is 7.12. The van der Waals surface area contributed by atoms with Crippen LogP contribution in [0.25, 0.3) is 0 Å². The second-order valence-electron chi connectivity index (χ2n) is 5.10. The van der Waals surface area contributed by atoms with E-state index in [1.54, 1.807) is 25.2 Å². The molecular weight excluding hydrogens is 300 g/mol. The Hall–Kier alpha value is -2.11. The number of halogens is 2. The molecule has 0 bridgehead atoms. The molecule has 1 rings (SSSR count). The second kappa shape index (κ2) is 10.6. The largest absolute Gasteiger partial charge is 0.488 e. The summed E-state index contributed by atoms with van der Waals surface area (Å²) in [4.78, 5) is 6.28. The van der Waals surface area contributed by atoms with Crippen LogP contribution in [0.3, 0.4) is 0 Å². The van der Waals surface area contributed by atoms with E-state index in [-0.39, 0.29) is 0 Å². The Morgan fingerprint density at radius 2 is 2.26 bits per heavy atom. The third kappa shape index (κ3) is 7.63. The summed E-state index contributed by atoms with van der Waals surface area (Å²) >= 11 is 0. The van der Waals surface area contributed by atoms with E-state index in [4.69, 9.17) is 4.74 Å². The summed E-state index contributed by atoms with van der Waals surface area (Å²) < 4.78 is 29.4. The van der Waals surface area contributed by atoms with Gasteiger partial charge in [0.15, 0.2) is 5.96 Å². The van der Waals surface area contributed by atoms with Gasteiger partial charge in [-0.05, 0) is 30.5 Å². The van der Waals surface area contributed by atoms with Crippen LogP contribution in [0.15, 0.2) is 41.9 Å². The fourth-order valence-electron chi connectivity index (χ4n) is 2.05. The molecule has 0 spiro atoms. The van der Waals surface area contributed by atoms with Gasteiger partial charge in [0.1, 0.15) is 12.4 Å². The predicted molar refractivity (Wildman–Crippen MR) is 90.2 cm³/mol. The minimum Gasteiger partial charge on any atom is -0.488 e. The van der Waals surface area contributed by atoms with Crippen molar-refractivity contribution in [2.75, 3.05) is 27.2 Å². The third-order valence-electron chi connectivity index (χ3n) is 3.20. The van der Waals surface area contributed by atoms with E-state index < -0.39 is 13.0 Å². The van der Waals surface area contributed by atoms with Gasteiger partial charge in [-0.3, -0.25) is 4.99 Å². The van der Waals surface area contributed by atoms with Crippen LogP contribution in [0.1, 0.15) is 18.4 Å². The number of ether oxygens (including phenoxy) is 1. The molecule has 6 heteroatoms. The van der Waals surface area contributed by atoms with Crippen molar-refractivity contribution >= 4 is 5.96 Å². The van der Waals surface area contributed by atoms with Crippen molar-refractivity contribution in [1.82, 2.24) is 10.2 Å². The van der Waals surface area contributed by atoms with Gasteiger partial charge in [-0.15, -0.1) is 6.58 Å². The van der Waals surface area contributed by atoms with E-state index in [2.05, 4.69) is 16.9 Å². The highest BCUT2D eigenvalue weighted by atomic mass is 19.3. The van der Waals surface area contributed by atoms with E-state index >= 15 is 0 Å². The molecule has 0 aliphatic heterocycles. The fraction of sp³-hybridized carbons (Fsp3) is 0.471. The monoisotopic (exact) mass is 325 g/mol. The lowest BCUT2D eigenvalue weighted by molar-refractivity contribution is 0.0818. The quantitative estimate of drug-likeness (QED) is 0.328. The number of alkyl halides is 2. The molecule has 0 fully saturated rings. The molecule has 128 valence electrons. The van der Waals surface area contributed by atoms with E-state index in [1.165, 1.54) is 0 Å². The molecule has 1 aromatic carbocycles. The summed E-state index contributed by atoms with van der Waals surface area (Å²) in [7, 11) is 3.70. The van der Waals surface area contributed by atoms with Crippen LogP contribution in [0.2, 0.25) is 0 Å². The molecule has 0 amide bonds. The van der Waals surface area contributed by atoms with E-state index in [0.29, 0.717) is 12.3 Å². The highest BCUT2D eigenvalue weighted by Crippen LogP contribution is 2.14. The molecule has 0 aliphatic rings. The standard InChI is InChI=1S/C17H25F2N3O/c1-4-5-6-10-22(3)17(20-2)21-12-14-8-7-9-15(11-14)23-13-16(18)19/h4,7-9,11,16H,1,5-6,10,12-13H2,2-3H3,(H,20,21). The number of nitrogens with one attached hydrogen (secondary N) is 1. The van der Waals surface area contributed by atoms with Crippen molar-refractivity contribution < 1.29 is 13.5 Å². The highest BCUT2D eigenvalue weighted by molar-refractivity contribution is 5.79. The maximum absolute atomic E-state index is 12.2. The number of benzene rings is 1. The number of nitrogens with zero attached hydrogens (tertiary/aromatic N) is 2. The van der Waals surface area contributed by atoms with Crippen molar-refractivity contribution in [1.29, 1.82) is 0 Å². The van der Waals surface area contributed by atoms with Crippen molar-refractivity contribution in [3.05, 3.63) is 42.5 Å². The minimum atomic E-state index is -2.47. The SMILES string of the molecule is C=CCCCN(C)C(=NC)NCc1cccc(OCC(F)F)c1. The smallest absolute Gasteiger partial charge is 0.272 e. The first-order valence-corrected chi connectivity index (χ1v) is 7.59. The molecule has 0 aliphatic carbocycles. The van der Waals surface area contributed by atoms with Gasteiger partial charge in [-0.2, -0.15) is 0 Å². The lowest BCUT2D eigenvalue weighted by atomic mass is 10.2. The van der Waals surface area contributed by atoms with E-state index in [1.807, 2.05) is 24.1 Å².